The maximum Gasteiger partial charge on any atom is 0.303 e. The SMILES string of the molecule is CCC1CCCCC1NCCCCCC(=O)O. The predicted molar refractivity (Wildman–Crippen MR) is 70.1 cm³/mol. The quantitative estimate of drug-likeness (QED) is 0.642. The molecule has 0 aromatic carbocycles. The maximum absolute atomic E-state index is 10.3. The molecule has 3 nitrogen and oxygen atoms in total. The lowest BCUT2D eigenvalue weighted by Gasteiger charge is -2.31. The van der Waals surface area contributed by atoms with Gasteiger partial charge in [-0.15, -0.1) is 0 Å². The molecule has 3 heteroatoms. The number of hydrogen-bond donors (Lipinski definition) is 2. The monoisotopic (exact) mass is 241 g/mol. The van der Waals surface area contributed by atoms with Crippen LogP contribution in [0.25, 0.3) is 0 Å². The third-order valence-electron chi connectivity index (χ3n) is 3.91. The summed E-state index contributed by atoms with van der Waals surface area (Å²) in [4.78, 5) is 10.3. The van der Waals surface area contributed by atoms with Crippen molar-refractivity contribution >= 4 is 5.97 Å². The highest BCUT2D eigenvalue weighted by Gasteiger charge is 2.22. The van der Waals surface area contributed by atoms with Gasteiger partial charge in [-0.1, -0.05) is 32.6 Å². The van der Waals surface area contributed by atoms with E-state index in [1.54, 1.807) is 0 Å². The number of carboxylic acids is 1. The van der Waals surface area contributed by atoms with Crippen LogP contribution in [0.3, 0.4) is 0 Å². The van der Waals surface area contributed by atoms with E-state index in [0.29, 0.717) is 12.5 Å². The van der Waals surface area contributed by atoms with Crippen molar-refractivity contribution in [1.29, 1.82) is 0 Å². The van der Waals surface area contributed by atoms with Crippen LogP contribution in [0.2, 0.25) is 0 Å². The molecule has 1 fully saturated rings. The molecule has 0 heterocycles. The van der Waals surface area contributed by atoms with Gasteiger partial charge in [-0.3, -0.25) is 4.79 Å². The molecule has 2 unspecified atom stereocenters. The number of hydrogen-bond acceptors (Lipinski definition) is 2. The van der Waals surface area contributed by atoms with Crippen LogP contribution in [0.15, 0.2) is 0 Å². The molecule has 0 radical (unpaired) electrons. The Morgan fingerprint density at radius 3 is 2.71 bits per heavy atom. The number of unbranched alkanes of at least 4 members (excludes halogenated alkanes) is 2. The Morgan fingerprint density at radius 2 is 2.00 bits per heavy atom. The molecule has 0 aromatic heterocycles. The molecule has 1 saturated carbocycles. The second kappa shape index (κ2) is 8.51. The molecule has 1 aliphatic carbocycles. The van der Waals surface area contributed by atoms with Gasteiger partial charge in [0, 0.05) is 12.5 Å². The molecule has 0 aliphatic heterocycles. The molecule has 0 aromatic rings. The van der Waals surface area contributed by atoms with E-state index < -0.39 is 5.97 Å². The van der Waals surface area contributed by atoms with Gasteiger partial charge in [0.25, 0.3) is 0 Å². The van der Waals surface area contributed by atoms with Crippen molar-refractivity contribution in [3.05, 3.63) is 0 Å². The van der Waals surface area contributed by atoms with E-state index in [9.17, 15) is 4.79 Å². The lowest BCUT2D eigenvalue weighted by Crippen LogP contribution is -2.38. The van der Waals surface area contributed by atoms with Crippen molar-refractivity contribution in [3.8, 4) is 0 Å². The Bertz CT molecular complexity index is 218. The minimum absolute atomic E-state index is 0.320. The minimum Gasteiger partial charge on any atom is -0.481 e. The first kappa shape index (κ1) is 14.5. The van der Waals surface area contributed by atoms with Crippen LogP contribution in [-0.4, -0.2) is 23.7 Å². The van der Waals surface area contributed by atoms with Gasteiger partial charge in [-0.25, -0.2) is 0 Å². The van der Waals surface area contributed by atoms with Crippen LogP contribution in [0, 0.1) is 5.92 Å². The average molecular weight is 241 g/mol. The van der Waals surface area contributed by atoms with Crippen molar-refractivity contribution < 1.29 is 9.90 Å². The van der Waals surface area contributed by atoms with Gasteiger partial charge in [0.15, 0.2) is 0 Å². The van der Waals surface area contributed by atoms with Crippen LogP contribution in [0.4, 0.5) is 0 Å². The summed E-state index contributed by atoms with van der Waals surface area (Å²) in [6.45, 7) is 3.35. The average Bonchev–Trinajstić information content (AvgIpc) is 2.33. The first-order valence-corrected chi connectivity index (χ1v) is 7.19. The van der Waals surface area contributed by atoms with E-state index >= 15 is 0 Å². The highest BCUT2D eigenvalue weighted by Crippen LogP contribution is 2.26. The fourth-order valence-corrected chi connectivity index (χ4v) is 2.83. The van der Waals surface area contributed by atoms with Crippen molar-refractivity contribution in [3.63, 3.8) is 0 Å². The molecule has 100 valence electrons. The summed E-state index contributed by atoms with van der Waals surface area (Å²) in [6, 6.07) is 0.716. The predicted octanol–water partition coefficient (Wildman–Crippen LogP) is 3.19. The molecule has 0 saturated heterocycles. The summed E-state index contributed by atoms with van der Waals surface area (Å²) in [5.74, 6) is 0.194. The highest BCUT2D eigenvalue weighted by atomic mass is 16.4. The molecule has 1 rings (SSSR count). The summed E-state index contributed by atoms with van der Waals surface area (Å²) in [5, 5.41) is 12.2. The van der Waals surface area contributed by atoms with Gasteiger partial charge in [0.2, 0.25) is 0 Å². The Balaban J connectivity index is 2.02. The zero-order chi connectivity index (χ0) is 12.5. The summed E-state index contributed by atoms with van der Waals surface area (Å²) in [5.41, 5.74) is 0. The Morgan fingerprint density at radius 1 is 1.24 bits per heavy atom. The topological polar surface area (TPSA) is 49.3 Å². The molecule has 17 heavy (non-hydrogen) atoms. The Labute approximate surface area is 105 Å². The van der Waals surface area contributed by atoms with Crippen molar-refractivity contribution in [2.45, 2.75) is 70.8 Å². The Kier molecular flexibility index (Phi) is 7.25. The van der Waals surface area contributed by atoms with E-state index in [0.717, 1.165) is 31.7 Å². The smallest absolute Gasteiger partial charge is 0.303 e. The zero-order valence-electron chi connectivity index (χ0n) is 11.1. The number of nitrogens with one attached hydrogen (secondary N) is 1. The van der Waals surface area contributed by atoms with Crippen LogP contribution in [0.1, 0.15) is 64.7 Å². The maximum atomic E-state index is 10.3. The summed E-state index contributed by atoms with van der Waals surface area (Å²) in [6.07, 6.45) is 10.0. The normalized spacial score (nSPS) is 24.8. The number of aliphatic carboxylic acids is 1. The van der Waals surface area contributed by atoms with E-state index in [-0.39, 0.29) is 0 Å². The van der Waals surface area contributed by atoms with Gasteiger partial charge >= 0.3 is 5.97 Å². The zero-order valence-corrected chi connectivity index (χ0v) is 11.1. The van der Waals surface area contributed by atoms with E-state index in [1.807, 2.05) is 0 Å². The fraction of sp³-hybridized carbons (Fsp3) is 0.929. The third kappa shape index (κ3) is 6.06. The van der Waals surface area contributed by atoms with Crippen molar-refractivity contribution in [2.75, 3.05) is 6.54 Å². The molecule has 0 spiro atoms. The molecule has 1 aliphatic rings. The van der Waals surface area contributed by atoms with Gasteiger partial charge in [0.05, 0.1) is 0 Å². The standard InChI is InChI=1S/C14H27NO2/c1-2-12-8-5-6-9-13(12)15-11-7-3-4-10-14(16)17/h12-13,15H,2-11H2,1H3,(H,16,17). The van der Waals surface area contributed by atoms with Gasteiger partial charge in [-0.05, 0) is 38.1 Å². The summed E-state index contributed by atoms with van der Waals surface area (Å²) < 4.78 is 0. The highest BCUT2D eigenvalue weighted by molar-refractivity contribution is 5.66. The second-order valence-corrected chi connectivity index (χ2v) is 5.22. The van der Waals surface area contributed by atoms with E-state index in [2.05, 4.69) is 12.2 Å². The molecule has 2 N–H and O–H groups in total. The fourth-order valence-electron chi connectivity index (χ4n) is 2.83. The van der Waals surface area contributed by atoms with Crippen LogP contribution in [-0.2, 0) is 4.79 Å². The number of carboxylic acid groups (broad SMARTS) is 1. The number of rotatable bonds is 8. The van der Waals surface area contributed by atoms with Crippen LogP contribution >= 0.6 is 0 Å². The van der Waals surface area contributed by atoms with E-state index in [4.69, 9.17) is 5.11 Å². The molecule has 2 atom stereocenters. The Hall–Kier alpha value is -0.570. The number of carbonyl (C=O) groups is 1. The van der Waals surface area contributed by atoms with Gasteiger partial charge in [0.1, 0.15) is 0 Å². The van der Waals surface area contributed by atoms with Crippen molar-refractivity contribution in [1.82, 2.24) is 5.32 Å². The largest absolute Gasteiger partial charge is 0.481 e. The molecule has 0 amide bonds. The van der Waals surface area contributed by atoms with Crippen molar-refractivity contribution in [2.24, 2.45) is 5.92 Å². The van der Waals surface area contributed by atoms with Gasteiger partial charge < -0.3 is 10.4 Å². The molecular formula is C14H27NO2. The second-order valence-electron chi connectivity index (χ2n) is 5.22. The molecular weight excluding hydrogens is 214 g/mol. The lowest BCUT2D eigenvalue weighted by atomic mass is 9.83. The van der Waals surface area contributed by atoms with Crippen LogP contribution < -0.4 is 5.32 Å². The molecule has 0 bridgehead atoms. The third-order valence-corrected chi connectivity index (χ3v) is 3.91. The lowest BCUT2D eigenvalue weighted by molar-refractivity contribution is -0.137. The van der Waals surface area contributed by atoms with Crippen LogP contribution in [0.5, 0.6) is 0 Å². The van der Waals surface area contributed by atoms with E-state index in [1.165, 1.54) is 32.1 Å². The minimum atomic E-state index is -0.670. The first-order chi connectivity index (χ1) is 8.24. The first-order valence-electron chi connectivity index (χ1n) is 7.19. The summed E-state index contributed by atoms with van der Waals surface area (Å²) >= 11 is 0. The summed E-state index contributed by atoms with van der Waals surface area (Å²) in [7, 11) is 0. The van der Waals surface area contributed by atoms with Gasteiger partial charge in [-0.2, -0.15) is 0 Å².